The van der Waals surface area contributed by atoms with Crippen LogP contribution >= 0.6 is 11.6 Å². The number of hydrogen-bond acceptors (Lipinski definition) is 4. The number of primary amides is 1. The third kappa shape index (κ3) is 4.36. The SMILES string of the molecule is CN(C)Cc1ccc(C(N)=O)cc1NCC1=Cc2cc(Cl)ccc2OC1. The molecule has 6 heteroatoms. The van der Waals surface area contributed by atoms with Gasteiger partial charge in [0.2, 0.25) is 5.91 Å². The van der Waals surface area contributed by atoms with Gasteiger partial charge in [0.1, 0.15) is 12.4 Å². The molecule has 1 amide bonds. The predicted octanol–water partition coefficient (Wildman–Crippen LogP) is 3.39. The zero-order valence-corrected chi connectivity index (χ0v) is 15.6. The summed E-state index contributed by atoms with van der Waals surface area (Å²) in [6, 6.07) is 11.1. The maximum absolute atomic E-state index is 11.5. The lowest BCUT2D eigenvalue weighted by Gasteiger charge is -2.21. The second-order valence-corrected chi connectivity index (χ2v) is 7.04. The van der Waals surface area contributed by atoms with E-state index in [1.165, 1.54) is 0 Å². The van der Waals surface area contributed by atoms with E-state index in [-0.39, 0.29) is 0 Å². The normalized spacial score (nSPS) is 13.0. The first-order valence-electron chi connectivity index (χ1n) is 8.35. The Hall–Kier alpha value is -2.50. The summed E-state index contributed by atoms with van der Waals surface area (Å²) in [4.78, 5) is 13.6. The monoisotopic (exact) mass is 371 g/mol. The van der Waals surface area contributed by atoms with Gasteiger partial charge < -0.3 is 20.7 Å². The molecule has 0 fully saturated rings. The Bertz CT molecular complexity index is 862. The number of benzene rings is 2. The molecule has 26 heavy (non-hydrogen) atoms. The smallest absolute Gasteiger partial charge is 0.248 e. The van der Waals surface area contributed by atoms with Crippen molar-refractivity contribution in [3.05, 3.63) is 63.7 Å². The first kappa shape index (κ1) is 18.3. The molecule has 1 aliphatic rings. The number of anilines is 1. The third-order valence-corrected chi connectivity index (χ3v) is 4.37. The minimum Gasteiger partial charge on any atom is -0.489 e. The van der Waals surface area contributed by atoms with Gasteiger partial charge in [0, 0.05) is 34.9 Å². The van der Waals surface area contributed by atoms with E-state index >= 15 is 0 Å². The van der Waals surface area contributed by atoms with Crippen LogP contribution in [0.25, 0.3) is 6.08 Å². The molecular formula is C20H22ClN3O2. The molecule has 0 spiro atoms. The fourth-order valence-electron chi connectivity index (χ4n) is 2.88. The lowest BCUT2D eigenvalue weighted by atomic mass is 10.1. The number of fused-ring (bicyclic) bond motifs is 1. The quantitative estimate of drug-likeness (QED) is 0.816. The Kier molecular flexibility index (Phi) is 5.49. The molecule has 136 valence electrons. The second-order valence-electron chi connectivity index (χ2n) is 6.60. The van der Waals surface area contributed by atoms with Crippen LogP contribution in [0.1, 0.15) is 21.5 Å². The maximum Gasteiger partial charge on any atom is 0.248 e. The highest BCUT2D eigenvalue weighted by atomic mass is 35.5. The van der Waals surface area contributed by atoms with Gasteiger partial charge in [-0.25, -0.2) is 0 Å². The van der Waals surface area contributed by atoms with E-state index in [0.29, 0.717) is 23.7 Å². The number of rotatable bonds is 6. The zero-order valence-electron chi connectivity index (χ0n) is 14.9. The molecule has 0 aromatic heterocycles. The Morgan fingerprint density at radius 2 is 2.08 bits per heavy atom. The highest BCUT2D eigenvalue weighted by molar-refractivity contribution is 6.30. The number of nitrogens with zero attached hydrogens (tertiary/aromatic N) is 1. The summed E-state index contributed by atoms with van der Waals surface area (Å²) in [5.41, 5.74) is 9.97. The molecule has 3 rings (SSSR count). The third-order valence-electron chi connectivity index (χ3n) is 4.13. The van der Waals surface area contributed by atoms with Crippen molar-refractivity contribution in [1.29, 1.82) is 0 Å². The molecule has 2 aromatic rings. The number of amides is 1. The lowest BCUT2D eigenvalue weighted by molar-refractivity contribution is 0.100. The summed E-state index contributed by atoms with van der Waals surface area (Å²) in [7, 11) is 4.01. The molecule has 0 radical (unpaired) electrons. The van der Waals surface area contributed by atoms with E-state index in [2.05, 4.69) is 16.3 Å². The Balaban J connectivity index is 1.80. The highest BCUT2D eigenvalue weighted by Gasteiger charge is 2.13. The van der Waals surface area contributed by atoms with Crippen molar-refractivity contribution in [2.75, 3.05) is 32.6 Å². The molecule has 0 saturated carbocycles. The minimum absolute atomic E-state index is 0.437. The average molecular weight is 372 g/mol. The highest BCUT2D eigenvalue weighted by Crippen LogP contribution is 2.29. The van der Waals surface area contributed by atoms with Gasteiger partial charge in [-0.15, -0.1) is 0 Å². The van der Waals surface area contributed by atoms with E-state index in [4.69, 9.17) is 22.1 Å². The van der Waals surface area contributed by atoms with Gasteiger partial charge in [0.15, 0.2) is 0 Å². The summed E-state index contributed by atoms with van der Waals surface area (Å²) in [5.74, 6) is 0.399. The van der Waals surface area contributed by atoms with Crippen LogP contribution < -0.4 is 15.8 Å². The van der Waals surface area contributed by atoms with Crippen LogP contribution in [0.2, 0.25) is 5.02 Å². The van der Waals surface area contributed by atoms with Crippen LogP contribution in [0.15, 0.2) is 42.0 Å². The first-order chi connectivity index (χ1) is 12.4. The zero-order chi connectivity index (χ0) is 18.7. The van der Waals surface area contributed by atoms with Crippen molar-refractivity contribution in [1.82, 2.24) is 4.90 Å². The van der Waals surface area contributed by atoms with Crippen molar-refractivity contribution in [3.8, 4) is 5.75 Å². The standard InChI is InChI=1S/C20H22ClN3O2/c1-24(2)11-15-4-3-14(20(22)25)9-18(15)23-10-13-7-16-8-17(21)5-6-19(16)26-12-13/h3-9,23H,10-12H2,1-2H3,(H2,22,25). The first-order valence-corrected chi connectivity index (χ1v) is 8.73. The molecule has 0 aliphatic carbocycles. The minimum atomic E-state index is -0.437. The molecule has 0 saturated heterocycles. The lowest BCUT2D eigenvalue weighted by Crippen LogP contribution is -2.18. The van der Waals surface area contributed by atoms with Crippen LogP contribution in [0, 0.1) is 0 Å². The van der Waals surface area contributed by atoms with Gasteiger partial charge >= 0.3 is 0 Å². The van der Waals surface area contributed by atoms with Gasteiger partial charge in [-0.3, -0.25) is 4.79 Å². The summed E-state index contributed by atoms with van der Waals surface area (Å²) < 4.78 is 5.79. The number of carbonyl (C=O) groups is 1. The predicted molar refractivity (Wildman–Crippen MR) is 106 cm³/mol. The number of nitrogens with two attached hydrogens (primary N) is 1. The summed E-state index contributed by atoms with van der Waals surface area (Å²) >= 11 is 6.06. The number of hydrogen-bond donors (Lipinski definition) is 2. The van der Waals surface area contributed by atoms with Crippen molar-refractivity contribution >= 4 is 29.3 Å². The fraction of sp³-hybridized carbons (Fsp3) is 0.250. The van der Waals surface area contributed by atoms with Crippen LogP contribution in [-0.2, 0) is 6.54 Å². The number of nitrogens with one attached hydrogen (secondary N) is 1. The summed E-state index contributed by atoms with van der Waals surface area (Å²) in [6.45, 7) is 1.88. The molecule has 1 aliphatic heterocycles. The molecule has 2 aromatic carbocycles. The van der Waals surface area contributed by atoms with Crippen molar-refractivity contribution in [3.63, 3.8) is 0 Å². The molecule has 0 bridgehead atoms. The largest absolute Gasteiger partial charge is 0.489 e. The van der Waals surface area contributed by atoms with Gasteiger partial charge in [-0.05, 0) is 61.6 Å². The van der Waals surface area contributed by atoms with Crippen LogP contribution in [0.3, 0.4) is 0 Å². The topological polar surface area (TPSA) is 67.6 Å². The Morgan fingerprint density at radius 3 is 2.81 bits per heavy atom. The van der Waals surface area contributed by atoms with Crippen molar-refractivity contribution < 1.29 is 9.53 Å². The fourth-order valence-corrected chi connectivity index (χ4v) is 3.06. The summed E-state index contributed by atoms with van der Waals surface area (Å²) in [5, 5.41) is 4.09. The second kappa shape index (κ2) is 7.81. The van der Waals surface area contributed by atoms with Crippen LogP contribution in [-0.4, -0.2) is 38.1 Å². The van der Waals surface area contributed by atoms with Gasteiger partial charge in [0.25, 0.3) is 0 Å². The number of ether oxygens (including phenoxy) is 1. The van der Waals surface area contributed by atoms with Crippen LogP contribution in [0.5, 0.6) is 5.75 Å². The average Bonchev–Trinajstić information content (AvgIpc) is 2.59. The van der Waals surface area contributed by atoms with Gasteiger partial charge in [-0.1, -0.05) is 17.7 Å². The molecule has 1 heterocycles. The van der Waals surface area contributed by atoms with Crippen molar-refractivity contribution in [2.24, 2.45) is 5.73 Å². The van der Waals surface area contributed by atoms with E-state index < -0.39 is 5.91 Å². The maximum atomic E-state index is 11.5. The van der Waals surface area contributed by atoms with E-state index in [1.54, 1.807) is 12.1 Å². The molecule has 3 N–H and O–H groups in total. The van der Waals surface area contributed by atoms with E-state index in [1.807, 2.05) is 38.4 Å². The van der Waals surface area contributed by atoms with Crippen molar-refractivity contribution in [2.45, 2.75) is 6.54 Å². The number of halogens is 1. The van der Waals surface area contributed by atoms with E-state index in [9.17, 15) is 4.79 Å². The Morgan fingerprint density at radius 1 is 1.27 bits per heavy atom. The molecular weight excluding hydrogens is 350 g/mol. The van der Waals surface area contributed by atoms with E-state index in [0.717, 1.165) is 34.7 Å². The molecule has 0 unspecified atom stereocenters. The summed E-state index contributed by atoms with van der Waals surface area (Å²) in [6.07, 6.45) is 2.08. The Labute approximate surface area is 158 Å². The molecule has 0 atom stereocenters. The number of carbonyl (C=O) groups excluding carboxylic acids is 1. The van der Waals surface area contributed by atoms with Gasteiger partial charge in [-0.2, -0.15) is 0 Å². The van der Waals surface area contributed by atoms with Crippen LogP contribution in [0.4, 0.5) is 5.69 Å². The molecule has 5 nitrogen and oxygen atoms in total. The van der Waals surface area contributed by atoms with Gasteiger partial charge in [0.05, 0.1) is 0 Å².